The Morgan fingerprint density at radius 3 is 2.61 bits per heavy atom. The molecule has 0 fully saturated rings. The molecule has 0 saturated heterocycles. The lowest BCUT2D eigenvalue weighted by Crippen LogP contribution is -2.13. The van der Waals surface area contributed by atoms with E-state index in [4.69, 9.17) is 9.47 Å². The summed E-state index contributed by atoms with van der Waals surface area (Å²) in [5.41, 5.74) is 3.13. The molecule has 0 saturated carbocycles. The van der Waals surface area contributed by atoms with Crippen molar-refractivity contribution in [2.45, 2.75) is 6.92 Å². The predicted molar refractivity (Wildman–Crippen MR) is 117 cm³/mol. The zero-order valence-corrected chi connectivity index (χ0v) is 17.9. The van der Waals surface area contributed by atoms with Gasteiger partial charge >= 0.3 is 0 Å². The summed E-state index contributed by atoms with van der Waals surface area (Å²) in [6.07, 6.45) is 1.48. The summed E-state index contributed by atoms with van der Waals surface area (Å²) in [7, 11) is 3.18. The first-order valence-corrected chi connectivity index (χ1v) is 10.2. The van der Waals surface area contributed by atoms with Gasteiger partial charge in [0.15, 0.2) is 5.13 Å². The van der Waals surface area contributed by atoms with Gasteiger partial charge in [-0.2, -0.15) is 5.10 Å². The van der Waals surface area contributed by atoms with Crippen molar-refractivity contribution in [2.75, 3.05) is 19.5 Å². The van der Waals surface area contributed by atoms with Gasteiger partial charge < -0.3 is 9.47 Å². The van der Waals surface area contributed by atoms with Gasteiger partial charge in [-0.25, -0.2) is 14.1 Å². The Labute approximate surface area is 182 Å². The lowest BCUT2D eigenvalue weighted by atomic mass is 10.1. The molecule has 0 atom stereocenters. The molecular formula is C22H19FN4O3S. The summed E-state index contributed by atoms with van der Waals surface area (Å²) in [4.78, 5) is 17.3. The SMILES string of the molecule is COc1ccc(OC)c(-c2csc(NC(=O)c3cnn(-c4ccc(F)cc4)c3C)n2)c1. The van der Waals surface area contributed by atoms with Crippen molar-refractivity contribution >= 4 is 22.4 Å². The number of rotatable bonds is 6. The minimum absolute atomic E-state index is 0.329. The van der Waals surface area contributed by atoms with Crippen molar-refractivity contribution in [3.05, 3.63) is 71.1 Å². The Morgan fingerprint density at radius 1 is 1.13 bits per heavy atom. The van der Waals surface area contributed by atoms with Gasteiger partial charge in [-0.1, -0.05) is 0 Å². The minimum Gasteiger partial charge on any atom is -0.497 e. The zero-order chi connectivity index (χ0) is 22.0. The number of anilines is 1. The highest BCUT2D eigenvalue weighted by Gasteiger charge is 2.18. The summed E-state index contributed by atoms with van der Waals surface area (Å²) in [6.45, 7) is 1.78. The van der Waals surface area contributed by atoms with E-state index >= 15 is 0 Å². The van der Waals surface area contributed by atoms with E-state index in [1.807, 2.05) is 11.4 Å². The minimum atomic E-state index is -0.334. The number of benzene rings is 2. The molecule has 158 valence electrons. The lowest BCUT2D eigenvalue weighted by Gasteiger charge is -2.08. The smallest absolute Gasteiger partial charge is 0.260 e. The first-order valence-electron chi connectivity index (χ1n) is 9.30. The molecule has 1 N–H and O–H groups in total. The molecule has 0 aliphatic rings. The number of ether oxygens (including phenoxy) is 2. The van der Waals surface area contributed by atoms with Crippen LogP contribution < -0.4 is 14.8 Å². The molecule has 9 heteroatoms. The molecule has 2 aromatic carbocycles. The average Bonchev–Trinajstić information content (AvgIpc) is 3.40. The van der Waals surface area contributed by atoms with Crippen molar-refractivity contribution in [3.8, 4) is 28.4 Å². The van der Waals surface area contributed by atoms with E-state index in [0.29, 0.717) is 39.3 Å². The Balaban J connectivity index is 1.56. The van der Waals surface area contributed by atoms with Crippen LogP contribution in [-0.4, -0.2) is 34.9 Å². The van der Waals surface area contributed by atoms with Crippen molar-refractivity contribution in [1.29, 1.82) is 0 Å². The number of methoxy groups -OCH3 is 2. The maximum absolute atomic E-state index is 13.2. The van der Waals surface area contributed by atoms with Gasteiger partial charge in [-0.3, -0.25) is 10.1 Å². The molecular weight excluding hydrogens is 419 g/mol. The number of nitrogens with one attached hydrogen (secondary N) is 1. The molecule has 7 nitrogen and oxygen atoms in total. The number of nitrogens with zero attached hydrogens (tertiary/aromatic N) is 3. The molecule has 4 aromatic rings. The molecule has 2 heterocycles. The van der Waals surface area contributed by atoms with Crippen LogP contribution in [0.5, 0.6) is 11.5 Å². The quantitative estimate of drug-likeness (QED) is 0.472. The number of carbonyl (C=O) groups is 1. The van der Waals surface area contributed by atoms with E-state index in [9.17, 15) is 9.18 Å². The van der Waals surface area contributed by atoms with Crippen LogP contribution in [0.25, 0.3) is 16.9 Å². The lowest BCUT2D eigenvalue weighted by molar-refractivity contribution is 0.102. The molecule has 0 aliphatic heterocycles. The fourth-order valence-electron chi connectivity index (χ4n) is 3.11. The standard InChI is InChI=1S/C22H19FN4O3S/c1-13-18(11-24-27(13)15-6-4-14(23)5-7-15)21(28)26-22-25-19(12-31-22)17-10-16(29-2)8-9-20(17)30-3/h4-12H,1-3H3,(H,25,26,28). The summed E-state index contributed by atoms with van der Waals surface area (Å²) >= 11 is 1.30. The van der Waals surface area contributed by atoms with Crippen LogP contribution in [0.3, 0.4) is 0 Å². The molecule has 0 radical (unpaired) electrons. The van der Waals surface area contributed by atoms with Crippen LogP contribution in [0.1, 0.15) is 16.1 Å². The second kappa shape index (κ2) is 8.57. The summed E-state index contributed by atoms with van der Waals surface area (Å²) in [6, 6.07) is 11.3. The number of amides is 1. The highest BCUT2D eigenvalue weighted by molar-refractivity contribution is 7.14. The van der Waals surface area contributed by atoms with Gasteiger partial charge in [-0.15, -0.1) is 11.3 Å². The zero-order valence-electron chi connectivity index (χ0n) is 17.0. The largest absolute Gasteiger partial charge is 0.497 e. The maximum atomic E-state index is 13.2. The molecule has 0 bridgehead atoms. The summed E-state index contributed by atoms with van der Waals surface area (Å²) < 4.78 is 25.5. The Bertz CT molecular complexity index is 1230. The van der Waals surface area contributed by atoms with E-state index in [1.165, 1.54) is 29.7 Å². The molecule has 0 spiro atoms. The van der Waals surface area contributed by atoms with Crippen LogP contribution in [0.4, 0.5) is 9.52 Å². The van der Waals surface area contributed by atoms with Crippen LogP contribution >= 0.6 is 11.3 Å². The number of aromatic nitrogens is 3. The van der Waals surface area contributed by atoms with E-state index in [-0.39, 0.29) is 11.7 Å². The van der Waals surface area contributed by atoms with Crippen molar-refractivity contribution in [1.82, 2.24) is 14.8 Å². The molecule has 0 aliphatic carbocycles. The molecule has 31 heavy (non-hydrogen) atoms. The maximum Gasteiger partial charge on any atom is 0.260 e. The first kappa shape index (κ1) is 20.5. The highest BCUT2D eigenvalue weighted by atomic mass is 32.1. The van der Waals surface area contributed by atoms with E-state index < -0.39 is 0 Å². The summed E-state index contributed by atoms with van der Waals surface area (Å²) in [5.74, 6) is 0.668. The normalized spacial score (nSPS) is 10.7. The van der Waals surface area contributed by atoms with Crippen LogP contribution in [0.2, 0.25) is 0 Å². The van der Waals surface area contributed by atoms with Gasteiger partial charge in [0.2, 0.25) is 0 Å². The number of hydrogen-bond donors (Lipinski definition) is 1. The van der Waals surface area contributed by atoms with E-state index in [1.54, 1.807) is 50.1 Å². The van der Waals surface area contributed by atoms with Crippen molar-refractivity contribution in [3.63, 3.8) is 0 Å². The van der Waals surface area contributed by atoms with Crippen LogP contribution in [0, 0.1) is 12.7 Å². The monoisotopic (exact) mass is 438 g/mol. The van der Waals surface area contributed by atoms with E-state index in [2.05, 4.69) is 15.4 Å². The van der Waals surface area contributed by atoms with Crippen LogP contribution in [0.15, 0.2) is 54.0 Å². The van der Waals surface area contributed by atoms with Gasteiger partial charge in [0.1, 0.15) is 17.3 Å². The molecule has 4 rings (SSSR count). The fraction of sp³-hybridized carbons (Fsp3) is 0.136. The second-order valence-corrected chi connectivity index (χ2v) is 7.45. The van der Waals surface area contributed by atoms with Crippen molar-refractivity contribution in [2.24, 2.45) is 0 Å². The third kappa shape index (κ3) is 4.13. The van der Waals surface area contributed by atoms with Gasteiger partial charge in [0, 0.05) is 10.9 Å². The highest BCUT2D eigenvalue weighted by Crippen LogP contribution is 2.35. The van der Waals surface area contributed by atoms with Gasteiger partial charge in [0.25, 0.3) is 5.91 Å². The molecule has 2 aromatic heterocycles. The third-order valence-corrected chi connectivity index (χ3v) is 5.49. The predicted octanol–water partition coefficient (Wildman–Crippen LogP) is 4.71. The average molecular weight is 438 g/mol. The number of carbonyl (C=O) groups excluding carboxylic acids is 1. The Kier molecular flexibility index (Phi) is 5.68. The Morgan fingerprint density at radius 2 is 1.90 bits per heavy atom. The molecule has 1 amide bonds. The van der Waals surface area contributed by atoms with Crippen LogP contribution in [-0.2, 0) is 0 Å². The Hall–Kier alpha value is -3.72. The van der Waals surface area contributed by atoms with Gasteiger partial charge in [-0.05, 0) is 49.4 Å². The van der Waals surface area contributed by atoms with Gasteiger partial charge in [0.05, 0.1) is 43.1 Å². The topological polar surface area (TPSA) is 78.3 Å². The second-order valence-electron chi connectivity index (χ2n) is 6.59. The fourth-order valence-corrected chi connectivity index (χ4v) is 3.81. The van der Waals surface area contributed by atoms with Crippen molar-refractivity contribution < 1.29 is 18.7 Å². The number of hydrogen-bond acceptors (Lipinski definition) is 6. The summed E-state index contributed by atoms with van der Waals surface area (Å²) in [5, 5.41) is 9.35. The first-order chi connectivity index (χ1) is 15.0. The number of halogens is 1. The molecule has 0 unspecified atom stereocenters. The number of thiazole rings is 1. The van der Waals surface area contributed by atoms with E-state index in [0.717, 1.165) is 5.56 Å². The third-order valence-electron chi connectivity index (χ3n) is 4.73.